The van der Waals surface area contributed by atoms with E-state index in [4.69, 9.17) is 9.15 Å². The maximum atomic E-state index is 13.1. The van der Waals surface area contributed by atoms with Gasteiger partial charge in [-0.2, -0.15) is 0 Å². The van der Waals surface area contributed by atoms with Crippen LogP contribution in [0.25, 0.3) is 5.76 Å². The number of benzene rings is 1. The van der Waals surface area contributed by atoms with Crippen LogP contribution in [-0.2, 0) is 22.6 Å². The minimum absolute atomic E-state index is 0.0453. The zero-order valence-corrected chi connectivity index (χ0v) is 18.5. The number of aliphatic hydroxyl groups is 1. The Morgan fingerprint density at radius 3 is 2.79 bits per heavy atom. The van der Waals surface area contributed by atoms with Gasteiger partial charge in [0.25, 0.3) is 11.7 Å². The molecule has 0 saturated carbocycles. The third kappa shape index (κ3) is 3.82. The van der Waals surface area contributed by atoms with Gasteiger partial charge in [0, 0.05) is 37.5 Å². The first-order valence-electron chi connectivity index (χ1n) is 11.0. The van der Waals surface area contributed by atoms with Gasteiger partial charge in [0.15, 0.2) is 0 Å². The van der Waals surface area contributed by atoms with Crippen molar-refractivity contribution >= 4 is 17.4 Å². The van der Waals surface area contributed by atoms with Gasteiger partial charge in [-0.25, -0.2) is 4.98 Å². The summed E-state index contributed by atoms with van der Waals surface area (Å²) in [4.78, 5) is 31.6. The number of fused-ring (bicyclic) bond motifs is 1. The van der Waals surface area contributed by atoms with Crippen LogP contribution in [-0.4, -0.2) is 43.9 Å². The Bertz CT molecular complexity index is 1240. The van der Waals surface area contributed by atoms with Crippen LogP contribution in [0.5, 0.6) is 5.75 Å². The number of carbonyl (C=O) groups excluding carboxylic acids is 2. The molecular weight excluding hydrogens is 422 g/mol. The van der Waals surface area contributed by atoms with Crippen LogP contribution in [0.3, 0.4) is 0 Å². The van der Waals surface area contributed by atoms with Gasteiger partial charge in [0.2, 0.25) is 0 Å². The van der Waals surface area contributed by atoms with E-state index in [0.717, 1.165) is 17.7 Å². The zero-order valence-electron chi connectivity index (χ0n) is 18.5. The first-order chi connectivity index (χ1) is 15.9. The fraction of sp³-hybridized carbons (Fsp3) is 0.320. The van der Waals surface area contributed by atoms with Crippen molar-refractivity contribution in [1.82, 2.24) is 14.5 Å². The molecule has 2 aliphatic rings. The summed E-state index contributed by atoms with van der Waals surface area (Å²) in [6, 6.07) is 8.08. The summed E-state index contributed by atoms with van der Waals surface area (Å²) in [6.45, 7) is 4.76. The monoisotopic (exact) mass is 447 g/mol. The third-order valence-corrected chi connectivity index (χ3v) is 6.11. The highest BCUT2D eigenvalue weighted by Crippen LogP contribution is 2.41. The molecule has 33 heavy (non-hydrogen) atoms. The Morgan fingerprint density at radius 1 is 1.21 bits per heavy atom. The predicted molar refractivity (Wildman–Crippen MR) is 120 cm³/mol. The summed E-state index contributed by atoms with van der Waals surface area (Å²) in [6.07, 6.45) is 6.65. The van der Waals surface area contributed by atoms with Crippen LogP contribution >= 0.6 is 0 Å². The van der Waals surface area contributed by atoms with E-state index in [-0.39, 0.29) is 17.4 Å². The summed E-state index contributed by atoms with van der Waals surface area (Å²) in [5.74, 6) is 0.342. The number of imidazole rings is 1. The number of Topliss-reactive ketones (excluding diaryl/α,β-unsaturated/α-hetero) is 1. The molecule has 0 spiro atoms. The molecule has 2 aromatic heterocycles. The molecule has 2 atom stereocenters. The molecule has 8 heteroatoms. The summed E-state index contributed by atoms with van der Waals surface area (Å²) in [7, 11) is 0. The van der Waals surface area contributed by atoms with E-state index in [2.05, 4.69) is 4.98 Å². The van der Waals surface area contributed by atoms with E-state index in [0.29, 0.717) is 36.6 Å². The van der Waals surface area contributed by atoms with Crippen molar-refractivity contribution in [3.63, 3.8) is 0 Å². The van der Waals surface area contributed by atoms with Crippen LogP contribution in [0.1, 0.15) is 42.0 Å². The van der Waals surface area contributed by atoms with E-state index in [1.807, 2.05) is 23.8 Å². The number of aliphatic hydroxyl groups excluding tert-OH is 1. The second-order valence-electron chi connectivity index (χ2n) is 8.55. The van der Waals surface area contributed by atoms with Crippen LogP contribution in [0.2, 0.25) is 0 Å². The fourth-order valence-electron chi connectivity index (χ4n) is 4.57. The molecule has 4 heterocycles. The number of aromatic nitrogens is 2. The Kier molecular flexibility index (Phi) is 5.28. The molecule has 0 bridgehead atoms. The number of likely N-dealkylation sites (tertiary alicyclic amines) is 1. The number of furan rings is 1. The average molecular weight is 447 g/mol. The average Bonchev–Trinajstić information content (AvgIpc) is 3.57. The van der Waals surface area contributed by atoms with Crippen molar-refractivity contribution in [2.75, 3.05) is 6.54 Å². The molecule has 1 fully saturated rings. The van der Waals surface area contributed by atoms with E-state index in [9.17, 15) is 14.7 Å². The summed E-state index contributed by atoms with van der Waals surface area (Å²) < 4.78 is 13.5. The lowest BCUT2D eigenvalue weighted by atomic mass is 9.97. The molecule has 2 aliphatic heterocycles. The van der Waals surface area contributed by atoms with Gasteiger partial charge in [0.1, 0.15) is 35.2 Å². The number of hydrogen-bond donors (Lipinski definition) is 1. The van der Waals surface area contributed by atoms with Gasteiger partial charge in [-0.1, -0.05) is 0 Å². The van der Waals surface area contributed by atoms with Crippen LogP contribution in [0.4, 0.5) is 0 Å². The number of nitrogens with zero attached hydrogens (tertiary/aromatic N) is 3. The highest BCUT2D eigenvalue weighted by atomic mass is 16.5. The molecule has 1 N–H and O–H groups in total. The van der Waals surface area contributed by atoms with Crippen molar-refractivity contribution in [3.05, 3.63) is 77.3 Å². The number of rotatable bonds is 6. The Morgan fingerprint density at radius 2 is 2.06 bits per heavy atom. The molecule has 170 valence electrons. The van der Waals surface area contributed by atoms with Crippen LogP contribution < -0.4 is 4.74 Å². The SMILES string of the molecule is Cc1ccc([C@@H]2C(=C(O)c3ccc4c(c3)C[C@H](C)O4)C(=O)C(=O)N2CCCn2ccnc2)o1. The van der Waals surface area contributed by atoms with E-state index < -0.39 is 17.7 Å². The highest BCUT2D eigenvalue weighted by Gasteiger charge is 2.47. The third-order valence-electron chi connectivity index (χ3n) is 6.11. The molecule has 3 aromatic rings. The lowest BCUT2D eigenvalue weighted by Gasteiger charge is -2.23. The van der Waals surface area contributed by atoms with Crippen molar-refractivity contribution in [2.24, 2.45) is 0 Å². The van der Waals surface area contributed by atoms with Gasteiger partial charge in [0.05, 0.1) is 11.9 Å². The van der Waals surface area contributed by atoms with E-state index >= 15 is 0 Å². The standard InChI is InChI=1S/C25H25N3O5/c1-15-4-6-20(32-15)22-21(23(29)17-5-7-19-18(13-17)12-16(2)33-19)24(30)25(31)28(22)10-3-9-27-11-8-26-14-27/h4-8,11,13-14,16,22,29H,3,9-10,12H2,1-2H3/t16-,22+/m0/s1. The molecule has 0 radical (unpaired) electrons. The number of hydrogen-bond acceptors (Lipinski definition) is 6. The second-order valence-corrected chi connectivity index (χ2v) is 8.55. The molecule has 5 rings (SSSR count). The summed E-state index contributed by atoms with van der Waals surface area (Å²) in [5.41, 5.74) is 1.49. The van der Waals surface area contributed by atoms with E-state index in [1.165, 1.54) is 4.90 Å². The second kappa shape index (κ2) is 8.27. The number of amides is 1. The van der Waals surface area contributed by atoms with Gasteiger partial charge in [-0.3, -0.25) is 9.59 Å². The van der Waals surface area contributed by atoms with E-state index in [1.54, 1.807) is 43.7 Å². The van der Waals surface area contributed by atoms with Gasteiger partial charge in [-0.15, -0.1) is 0 Å². The maximum absolute atomic E-state index is 13.1. The maximum Gasteiger partial charge on any atom is 0.295 e. The summed E-state index contributed by atoms with van der Waals surface area (Å²) >= 11 is 0. The lowest BCUT2D eigenvalue weighted by Crippen LogP contribution is -2.31. The minimum atomic E-state index is -0.787. The van der Waals surface area contributed by atoms with Crippen molar-refractivity contribution in [1.29, 1.82) is 0 Å². The minimum Gasteiger partial charge on any atom is -0.507 e. The molecule has 1 amide bonds. The zero-order chi connectivity index (χ0) is 23.1. The molecule has 0 unspecified atom stereocenters. The Hall–Kier alpha value is -3.81. The van der Waals surface area contributed by atoms with Crippen LogP contribution in [0, 0.1) is 6.92 Å². The van der Waals surface area contributed by atoms with Gasteiger partial charge < -0.3 is 23.7 Å². The summed E-state index contributed by atoms with van der Waals surface area (Å²) in [5, 5.41) is 11.2. The Labute approximate surface area is 191 Å². The van der Waals surface area contributed by atoms with Crippen LogP contribution in [0.15, 0.2) is 59.0 Å². The van der Waals surface area contributed by atoms with Crippen molar-refractivity contribution in [3.8, 4) is 5.75 Å². The molecule has 1 saturated heterocycles. The topological polar surface area (TPSA) is 97.8 Å². The molecular formula is C25H25N3O5. The van der Waals surface area contributed by atoms with Gasteiger partial charge >= 0.3 is 0 Å². The lowest BCUT2D eigenvalue weighted by molar-refractivity contribution is -0.140. The van der Waals surface area contributed by atoms with Gasteiger partial charge in [-0.05, 0) is 56.2 Å². The Balaban J connectivity index is 1.51. The fourth-order valence-corrected chi connectivity index (χ4v) is 4.57. The molecule has 0 aliphatic carbocycles. The highest BCUT2D eigenvalue weighted by molar-refractivity contribution is 6.46. The molecule has 1 aromatic carbocycles. The van der Waals surface area contributed by atoms with Crippen molar-refractivity contribution < 1.29 is 23.8 Å². The number of aryl methyl sites for hydroxylation is 2. The molecule has 8 nitrogen and oxygen atoms in total. The number of ketones is 1. The quantitative estimate of drug-likeness (QED) is 0.352. The predicted octanol–water partition coefficient (Wildman–Crippen LogP) is 3.62. The number of carbonyl (C=O) groups is 2. The first-order valence-corrected chi connectivity index (χ1v) is 11.0. The van der Waals surface area contributed by atoms with Crippen molar-refractivity contribution in [2.45, 2.75) is 45.4 Å². The first kappa shape index (κ1) is 21.1. The normalized spacial score (nSPS) is 21.5. The largest absolute Gasteiger partial charge is 0.507 e. The number of ether oxygens (including phenoxy) is 1. The smallest absolute Gasteiger partial charge is 0.295 e.